The van der Waals surface area contributed by atoms with E-state index in [-0.39, 0.29) is 10.6 Å². The summed E-state index contributed by atoms with van der Waals surface area (Å²) in [6.07, 6.45) is 0. The SMILES string of the molecule is Cc1ccc(S(=O)(=O)O)cc1.O=c1[nH]c2ccccc2[nH]1. The summed E-state index contributed by atoms with van der Waals surface area (Å²) >= 11 is 0. The van der Waals surface area contributed by atoms with Gasteiger partial charge in [-0.25, -0.2) is 4.79 Å². The van der Waals surface area contributed by atoms with Crippen LogP contribution in [0.2, 0.25) is 0 Å². The molecule has 21 heavy (non-hydrogen) atoms. The van der Waals surface area contributed by atoms with Crippen LogP contribution in [0.25, 0.3) is 11.0 Å². The molecule has 0 fully saturated rings. The van der Waals surface area contributed by atoms with Crippen molar-refractivity contribution in [1.29, 1.82) is 0 Å². The van der Waals surface area contributed by atoms with Gasteiger partial charge in [-0.1, -0.05) is 29.8 Å². The van der Waals surface area contributed by atoms with Crippen molar-refractivity contribution in [2.45, 2.75) is 11.8 Å². The predicted octanol–water partition coefficient (Wildman–Crippen LogP) is 2.10. The Balaban J connectivity index is 0.000000154. The molecule has 7 heteroatoms. The molecule has 0 aliphatic heterocycles. The van der Waals surface area contributed by atoms with Crippen LogP contribution >= 0.6 is 0 Å². The topological polar surface area (TPSA) is 103 Å². The Kier molecular flexibility index (Phi) is 4.25. The Morgan fingerprint density at radius 2 is 1.38 bits per heavy atom. The molecule has 0 radical (unpaired) electrons. The number of H-pyrrole nitrogens is 2. The molecule has 3 N–H and O–H groups in total. The third-order valence-electron chi connectivity index (χ3n) is 2.74. The van der Waals surface area contributed by atoms with Crippen LogP contribution in [0, 0.1) is 6.92 Å². The smallest absolute Gasteiger partial charge is 0.306 e. The van der Waals surface area contributed by atoms with E-state index in [0.717, 1.165) is 16.6 Å². The molecule has 0 unspecified atom stereocenters. The fourth-order valence-electron chi connectivity index (χ4n) is 1.69. The zero-order valence-corrected chi connectivity index (χ0v) is 12.0. The van der Waals surface area contributed by atoms with Crippen molar-refractivity contribution < 1.29 is 13.0 Å². The number of para-hydroxylation sites is 2. The van der Waals surface area contributed by atoms with Gasteiger partial charge in [-0.2, -0.15) is 8.42 Å². The van der Waals surface area contributed by atoms with Gasteiger partial charge < -0.3 is 9.97 Å². The molecule has 0 saturated heterocycles. The maximum atomic E-state index is 10.7. The highest BCUT2D eigenvalue weighted by Crippen LogP contribution is 2.08. The van der Waals surface area contributed by atoms with E-state index in [0.29, 0.717) is 0 Å². The Hall–Kier alpha value is -2.38. The normalized spacial score (nSPS) is 11.0. The molecule has 0 aliphatic rings. The van der Waals surface area contributed by atoms with E-state index < -0.39 is 10.1 Å². The van der Waals surface area contributed by atoms with E-state index in [9.17, 15) is 13.2 Å². The van der Waals surface area contributed by atoms with Crippen LogP contribution in [-0.4, -0.2) is 22.9 Å². The Bertz CT molecular complexity index is 856. The summed E-state index contributed by atoms with van der Waals surface area (Å²) in [5, 5.41) is 0. The quantitative estimate of drug-likeness (QED) is 0.599. The highest BCUT2D eigenvalue weighted by molar-refractivity contribution is 7.85. The Morgan fingerprint density at radius 1 is 0.905 bits per heavy atom. The van der Waals surface area contributed by atoms with Gasteiger partial charge in [0.1, 0.15) is 0 Å². The molecule has 0 atom stereocenters. The second-order valence-corrected chi connectivity index (χ2v) is 5.83. The molecule has 0 aliphatic carbocycles. The van der Waals surface area contributed by atoms with E-state index >= 15 is 0 Å². The molecule has 3 aromatic rings. The summed E-state index contributed by atoms with van der Waals surface area (Å²) in [6.45, 7) is 1.84. The second kappa shape index (κ2) is 5.94. The molecule has 2 aromatic carbocycles. The number of benzene rings is 2. The lowest BCUT2D eigenvalue weighted by atomic mass is 10.2. The third-order valence-corrected chi connectivity index (χ3v) is 3.61. The summed E-state index contributed by atoms with van der Waals surface area (Å²) < 4.78 is 29.6. The van der Waals surface area contributed by atoms with E-state index in [1.807, 2.05) is 31.2 Å². The number of hydrogen-bond donors (Lipinski definition) is 3. The van der Waals surface area contributed by atoms with E-state index in [1.165, 1.54) is 12.1 Å². The van der Waals surface area contributed by atoms with Crippen molar-refractivity contribution in [3.63, 3.8) is 0 Å². The summed E-state index contributed by atoms with van der Waals surface area (Å²) in [5.74, 6) is 0. The van der Waals surface area contributed by atoms with Gasteiger partial charge in [0.25, 0.3) is 10.1 Å². The number of nitrogens with one attached hydrogen (secondary N) is 2. The van der Waals surface area contributed by atoms with Crippen LogP contribution in [0.4, 0.5) is 0 Å². The van der Waals surface area contributed by atoms with Crippen LogP contribution in [0.3, 0.4) is 0 Å². The predicted molar refractivity (Wildman–Crippen MR) is 79.9 cm³/mol. The third kappa shape index (κ3) is 4.04. The summed E-state index contributed by atoms with van der Waals surface area (Å²) in [7, 11) is -4.02. The maximum absolute atomic E-state index is 10.7. The maximum Gasteiger partial charge on any atom is 0.323 e. The Labute approximate surface area is 121 Å². The second-order valence-electron chi connectivity index (χ2n) is 4.41. The van der Waals surface area contributed by atoms with Crippen molar-refractivity contribution in [2.75, 3.05) is 0 Å². The van der Waals surface area contributed by atoms with Gasteiger partial charge in [0.15, 0.2) is 0 Å². The molecule has 3 rings (SSSR count). The zero-order valence-electron chi connectivity index (χ0n) is 11.2. The van der Waals surface area contributed by atoms with Gasteiger partial charge in [-0.05, 0) is 31.2 Å². The number of aromatic amines is 2. The minimum Gasteiger partial charge on any atom is -0.306 e. The molecule has 6 nitrogen and oxygen atoms in total. The van der Waals surface area contributed by atoms with Gasteiger partial charge >= 0.3 is 5.69 Å². The largest absolute Gasteiger partial charge is 0.323 e. The molecular formula is C14H14N2O4S. The molecule has 0 saturated carbocycles. The van der Waals surface area contributed by atoms with Crippen molar-refractivity contribution in [3.8, 4) is 0 Å². The minimum absolute atomic E-state index is 0.0666. The fraction of sp³-hybridized carbons (Fsp3) is 0.0714. The first-order valence-electron chi connectivity index (χ1n) is 6.07. The van der Waals surface area contributed by atoms with Crippen molar-refractivity contribution in [3.05, 3.63) is 64.6 Å². The minimum atomic E-state index is -4.02. The van der Waals surface area contributed by atoms with Crippen LogP contribution in [-0.2, 0) is 10.1 Å². The Morgan fingerprint density at radius 3 is 1.81 bits per heavy atom. The highest BCUT2D eigenvalue weighted by Gasteiger charge is 2.06. The van der Waals surface area contributed by atoms with E-state index in [1.54, 1.807) is 12.1 Å². The molecular weight excluding hydrogens is 292 g/mol. The number of fused-ring (bicyclic) bond motifs is 1. The van der Waals surface area contributed by atoms with Gasteiger partial charge in [0.05, 0.1) is 15.9 Å². The summed E-state index contributed by atoms with van der Waals surface area (Å²) in [6, 6.07) is 13.5. The first-order valence-corrected chi connectivity index (χ1v) is 7.51. The highest BCUT2D eigenvalue weighted by atomic mass is 32.2. The first kappa shape index (κ1) is 15.0. The number of aromatic nitrogens is 2. The van der Waals surface area contributed by atoms with Gasteiger partial charge in [0.2, 0.25) is 0 Å². The molecule has 0 amide bonds. The fourth-order valence-corrected chi connectivity index (χ4v) is 2.17. The first-order chi connectivity index (χ1) is 9.86. The van der Waals surface area contributed by atoms with E-state index in [2.05, 4.69) is 9.97 Å². The van der Waals surface area contributed by atoms with Gasteiger partial charge in [0, 0.05) is 0 Å². The van der Waals surface area contributed by atoms with Gasteiger partial charge in [-0.15, -0.1) is 0 Å². The van der Waals surface area contributed by atoms with Crippen LogP contribution in [0.15, 0.2) is 58.2 Å². The lowest BCUT2D eigenvalue weighted by Gasteiger charge is -1.95. The van der Waals surface area contributed by atoms with Crippen molar-refractivity contribution in [1.82, 2.24) is 9.97 Å². The number of imidazole rings is 1. The van der Waals surface area contributed by atoms with Crippen molar-refractivity contribution in [2.24, 2.45) is 0 Å². The standard InChI is InChI=1S/C7H6N2O.C7H8O3S/c10-7-8-5-3-1-2-4-6(5)9-7;1-6-2-4-7(5-3-6)11(8,9)10/h1-4H,(H2,8,9,10);2-5H,1H3,(H,8,9,10). The number of rotatable bonds is 1. The average molecular weight is 306 g/mol. The summed E-state index contributed by atoms with van der Waals surface area (Å²) in [5.41, 5.74) is 2.51. The molecule has 1 aromatic heterocycles. The molecule has 0 bridgehead atoms. The monoisotopic (exact) mass is 306 g/mol. The number of aryl methyl sites for hydroxylation is 1. The van der Waals surface area contributed by atoms with Gasteiger partial charge in [-0.3, -0.25) is 4.55 Å². The van der Waals surface area contributed by atoms with E-state index in [4.69, 9.17) is 4.55 Å². The average Bonchev–Trinajstić information content (AvgIpc) is 2.79. The van der Waals surface area contributed by atoms with Crippen molar-refractivity contribution >= 4 is 21.2 Å². The van der Waals surface area contributed by atoms with Crippen LogP contribution < -0.4 is 5.69 Å². The lowest BCUT2D eigenvalue weighted by Crippen LogP contribution is -1.99. The number of hydrogen-bond acceptors (Lipinski definition) is 3. The summed E-state index contributed by atoms with van der Waals surface area (Å²) in [4.78, 5) is 15.9. The molecule has 110 valence electrons. The van der Waals surface area contributed by atoms with Crippen LogP contribution in [0.5, 0.6) is 0 Å². The molecule has 1 heterocycles. The zero-order chi connectivity index (χ0) is 15.5. The lowest BCUT2D eigenvalue weighted by molar-refractivity contribution is 0.483. The molecule has 0 spiro atoms. The van der Waals surface area contributed by atoms with Crippen LogP contribution in [0.1, 0.15) is 5.56 Å².